The number of nitrogens with one attached hydrogen (secondary N) is 1. The minimum atomic E-state index is -0.0756. The SMILES string of the molecule is COc1cc(CO)ccc1Oc1cc(C(=N)N)cc(C)n1. The smallest absolute Gasteiger partial charge is 0.220 e. The number of aliphatic hydroxyl groups excluding tert-OH is 1. The Kier molecular flexibility index (Phi) is 4.39. The van der Waals surface area contributed by atoms with Gasteiger partial charge in [-0.2, -0.15) is 0 Å². The second kappa shape index (κ2) is 6.23. The lowest BCUT2D eigenvalue weighted by Crippen LogP contribution is -2.11. The first kappa shape index (κ1) is 14.8. The highest BCUT2D eigenvalue weighted by Crippen LogP contribution is 2.32. The number of hydrogen-bond donors (Lipinski definition) is 3. The average Bonchev–Trinajstić information content (AvgIpc) is 2.47. The molecule has 2 rings (SSSR count). The first-order valence-corrected chi connectivity index (χ1v) is 6.32. The van der Waals surface area contributed by atoms with Crippen LogP contribution in [0.15, 0.2) is 30.3 Å². The normalized spacial score (nSPS) is 10.2. The van der Waals surface area contributed by atoms with Crippen molar-refractivity contribution in [1.29, 1.82) is 5.41 Å². The Hall–Kier alpha value is -2.60. The lowest BCUT2D eigenvalue weighted by atomic mass is 10.2. The van der Waals surface area contributed by atoms with E-state index in [1.54, 1.807) is 37.3 Å². The van der Waals surface area contributed by atoms with Crippen LogP contribution in [0.25, 0.3) is 0 Å². The number of rotatable bonds is 5. The van der Waals surface area contributed by atoms with E-state index in [4.69, 9.17) is 25.7 Å². The molecule has 21 heavy (non-hydrogen) atoms. The Balaban J connectivity index is 2.35. The van der Waals surface area contributed by atoms with E-state index in [1.165, 1.54) is 7.11 Å². The fourth-order valence-corrected chi connectivity index (χ4v) is 1.85. The fraction of sp³-hybridized carbons (Fsp3) is 0.200. The first-order valence-electron chi connectivity index (χ1n) is 6.32. The van der Waals surface area contributed by atoms with E-state index < -0.39 is 0 Å². The molecule has 6 heteroatoms. The number of methoxy groups -OCH3 is 1. The lowest BCUT2D eigenvalue weighted by Gasteiger charge is -2.12. The summed E-state index contributed by atoms with van der Waals surface area (Å²) >= 11 is 0. The van der Waals surface area contributed by atoms with Crippen molar-refractivity contribution in [2.75, 3.05) is 7.11 Å². The summed E-state index contributed by atoms with van der Waals surface area (Å²) in [6.07, 6.45) is 0. The molecule has 110 valence electrons. The van der Waals surface area contributed by atoms with E-state index in [2.05, 4.69) is 4.98 Å². The second-order valence-electron chi connectivity index (χ2n) is 4.49. The molecule has 0 saturated heterocycles. The topological polar surface area (TPSA) is 101 Å². The molecule has 2 aromatic rings. The molecule has 1 aromatic heterocycles. The number of aryl methyl sites for hydroxylation is 1. The van der Waals surface area contributed by atoms with Crippen LogP contribution in [-0.2, 0) is 6.61 Å². The standard InChI is InChI=1S/C15H17N3O3/c1-9-5-11(15(16)17)7-14(18-9)21-12-4-3-10(8-19)6-13(12)20-2/h3-7,19H,8H2,1-2H3,(H3,16,17). The molecule has 0 bridgehead atoms. The number of aromatic nitrogens is 1. The van der Waals surface area contributed by atoms with Crippen LogP contribution in [0.5, 0.6) is 17.4 Å². The van der Waals surface area contributed by atoms with E-state index >= 15 is 0 Å². The minimum Gasteiger partial charge on any atom is -0.493 e. The van der Waals surface area contributed by atoms with Gasteiger partial charge in [0.15, 0.2) is 11.5 Å². The van der Waals surface area contributed by atoms with E-state index in [1.807, 2.05) is 0 Å². The molecule has 1 heterocycles. The number of benzene rings is 1. The zero-order valence-corrected chi connectivity index (χ0v) is 11.9. The van der Waals surface area contributed by atoms with Gasteiger partial charge >= 0.3 is 0 Å². The van der Waals surface area contributed by atoms with Gasteiger partial charge in [0.2, 0.25) is 5.88 Å². The summed E-state index contributed by atoms with van der Waals surface area (Å²) in [5.41, 5.74) is 7.45. The molecule has 0 atom stereocenters. The van der Waals surface area contributed by atoms with Crippen molar-refractivity contribution < 1.29 is 14.6 Å². The van der Waals surface area contributed by atoms with Crippen molar-refractivity contribution >= 4 is 5.84 Å². The molecule has 1 aromatic carbocycles. The number of pyridine rings is 1. The van der Waals surface area contributed by atoms with E-state index in [0.717, 1.165) is 5.56 Å². The Morgan fingerprint density at radius 3 is 2.67 bits per heavy atom. The highest BCUT2D eigenvalue weighted by molar-refractivity contribution is 5.95. The van der Waals surface area contributed by atoms with Gasteiger partial charge in [-0.3, -0.25) is 5.41 Å². The Labute approximate surface area is 122 Å². The van der Waals surface area contributed by atoms with Crippen LogP contribution in [0.1, 0.15) is 16.8 Å². The maximum Gasteiger partial charge on any atom is 0.220 e. The Morgan fingerprint density at radius 2 is 2.05 bits per heavy atom. The Morgan fingerprint density at radius 1 is 1.29 bits per heavy atom. The van der Waals surface area contributed by atoms with Gasteiger partial charge in [-0.1, -0.05) is 6.07 Å². The quantitative estimate of drug-likeness (QED) is 0.576. The molecule has 0 radical (unpaired) electrons. The summed E-state index contributed by atoms with van der Waals surface area (Å²) < 4.78 is 10.9. The number of aliphatic hydroxyl groups is 1. The van der Waals surface area contributed by atoms with Crippen molar-refractivity contribution in [2.24, 2.45) is 5.73 Å². The van der Waals surface area contributed by atoms with E-state index in [0.29, 0.717) is 28.6 Å². The third-order valence-corrected chi connectivity index (χ3v) is 2.87. The summed E-state index contributed by atoms with van der Waals surface area (Å²) in [7, 11) is 1.52. The van der Waals surface area contributed by atoms with Crippen LogP contribution in [0, 0.1) is 12.3 Å². The van der Waals surface area contributed by atoms with Gasteiger partial charge in [0.05, 0.1) is 13.7 Å². The lowest BCUT2D eigenvalue weighted by molar-refractivity contribution is 0.280. The molecule has 0 aliphatic heterocycles. The van der Waals surface area contributed by atoms with Crippen LogP contribution in [0.4, 0.5) is 0 Å². The van der Waals surface area contributed by atoms with Crippen LogP contribution >= 0.6 is 0 Å². The minimum absolute atomic E-state index is 0.0482. The highest BCUT2D eigenvalue weighted by atomic mass is 16.5. The zero-order chi connectivity index (χ0) is 15.4. The van der Waals surface area contributed by atoms with Gasteiger partial charge in [0, 0.05) is 17.3 Å². The number of amidine groups is 1. The summed E-state index contributed by atoms with van der Waals surface area (Å²) in [6.45, 7) is 1.72. The summed E-state index contributed by atoms with van der Waals surface area (Å²) in [6, 6.07) is 8.43. The van der Waals surface area contributed by atoms with Crippen molar-refractivity contribution in [1.82, 2.24) is 4.98 Å². The maximum atomic E-state index is 9.13. The summed E-state index contributed by atoms with van der Waals surface area (Å²) in [5.74, 6) is 1.25. The van der Waals surface area contributed by atoms with Gasteiger partial charge in [-0.15, -0.1) is 0 Å². The largest absolute Gasteiger partial charge is 0.493 e. The summed E-state index contributed by atoms with van der Waals surface area (Å²) in [4.78, 5) is 4.25. The molecule has 0 spiro atoms. The monoisotopic (exact) mass is 287 g/mol. The number of nitrogens with two attached hydrogens (primary N) is 1. The van der Waals surface area contributed by atoms with E-state index in [9.17, 15) is 0 Å². The molecule has 6 nitrogen and oxygen atoms in total. The molecule has 4 N–H and O–H groups in total. The number of nitrogen functional groups attached to an aromatic ring is 1. The molecule has 0 fully saturated rings. The van der Waals surface area contributed by atoms with Gasteiger partial charge in [0.25, 0.3) is 0 Å². The molecular weight excluding hydrogens is 270 g/mol. The van der Waals surface area contributed by atoms with Crippen molar-refractivity contribution in [3.05, 3.63) is 47.2 Å². The fourth-order valence-electron chi connectivity index (χ4n) is 1.85. The van der Waals surface area contributed by atoms with E-state index in [-0.39, 0.29) is 12.4 Å². The van der Waals surface area contributed by atoms with Crippen LogP contribution in [0.3, 0.4) is 0 Å². The first-order chi connectivity index (χ1) is 10.0. The third-order valence-electron chi connectivity index (χ3n) is 2.87. The number of ether oxygens (including phenoxy) is 2. The van der Waals surface area contributed by atoms with Crippen molar-refractivity contribution in [2.45, 2.75) is 13.5 Å². The molecule has 0 aliphatic carbocycles. The number of nitrogens with zero attached hydrogens (tertiary/aromatic N) is 1. The zero-order valence-electron chi connectivity index (χ0n) is 11.9. The van der Waals surface area contributed by atoms with Gasteiger partial charge in [0.1, 0.15) is 5.84 Å². The summed E-state index contributed by atoms with van der Waals surface area (Å²) in [5, 5.41) is 16.6. The molecule has 0 aliphatic rings. The highest BCUT2D eigenvalue weighted by Gasteiger charge is 2.10. The predicted octanol–water partition coefficient (Wildman–Crippen LogP) is 1.97. The second-order valence-corrected chi connectivity index (χ2v) is 4.49. The van der Waals surface area contributed by atoms with Crippen LogP contribution in [-0.4, -0.2) is 23.0 Å². The molecule has 0 amide bonds. The Bertz CT molecular complexity index is 671. The van der Waals surface area contributed by atoms with Gasteiger partial charge in [-0.25, -0.2) is 4.98 Å². The predicted molar refractivity (Wildman–Crippen MR) is 79.0 cm³/mol. The average molecular weight is 287 g/mol. The number of hydrogen-bond acceptors (Lipinski definition) is 5. The van der Waals surface area contributed by atoms with Gasteiger partial charge in [-0.05, 0) is 30.7 Å². The molecular formula is C15H17N3O3. The van der Waals surface area contributed by atoms with Crippen LogP contribution < -0.4 is 15.2 Å². The molecule has 0 unspecified atom stereocenters. The maximum absolute atomic E-state index is 9.13. The molecule has 0 saturated carbocycles. The third kappa shape index (κ3) is 3.49. The van der Waals surface area contributed by atoms with Gasteiger partial charge < -0.3 is 20.3 Å². The van der Waals surface area contributed by atoms with Crippen molar-refractivity contribution in [3.63, 3.8) is 0 Å². The van der Waals surface area contributed by atoms with Crippen molar-refractivity contribution in [3.8, 4) is 17.4 Å². The van der Waals surface area contributed by atoms with Crippen LogP contribution in [0.2, 0.25) is 0 Å².